The Morgan fingerprint density at radius 3 is 2.45 bits per heavy atom. The maximum absolute atomic E-state index is 12.6. The van der Waals surface area contributed by atoms with Crippen LogP contribution in [0.2, 0.25) is 10.0 Å². The third-order valence-corrected chi connectivity index (χ3v) is 5.32. The van der Waals surface area contributed by atoms with Crippen LogP contribution < -0.4 is 5.32 Å². The van der Waals surface area contributed by atoms with Gasteiger partial charge in [0.15, 0.2) is 11.7 Å². The number of likely N-dealkylation sites (N-methyl/N-ethyl adjacent to an activating group) is 1. The average Bonchev–Trinajstić information content (AvgIpc) is 3.24. The van der Waals surface area contributed by atoms with E-state index in [0.717, 1.165) is 5.56 Å². The number of carbonyl (C=O) groups is 2. The first kappa shape index (κ1) is 22.8. The number of benzene rings is 2. The molecule has 0 radical (unpaired) electrons. The monoisotopic (exact) mass is 459 g/mol. The van der Waals surface area contributed by atoms with Gasteiger partial charge in [-0.15, -0.1) is 0 Å². The highest BCUT2D eigenvalue weighted by Crippen LogP contribution is 2.29. The molecule has 0 bridgehead atoms. The highest BCUT2D eigenvalue weighted by Gasteiger charge is 2.17. The largest absolute Gasteiger partial charge is 0.441 e. The van der Waals surface area contributed by atoms with E-state index in [2.05, 4.69) is 10.3 Å². The average molecular weight is 460 g/mol. The van der Waals surface area contributed by atoms with Gasteiger partial charge in [0, 0.05) is 24.9 Å². The zero-order valence-corrected chi connectivity index (χ0v) is 18.6. The molecule has 0 aliphatic heterocycles. The molecule has 0 saturated carbocycles. The van der Waals surface area contributed by atoms with Gasteiger partial charge in [-0.05, 0) is 25.5 Å². The number of aromatic nitrogens is 1. The lowest BCUT2D eigenvalue weighted by atomic mass is 10.2. The number of amides is 2. The van der Waals surface area contributed by atoms with E-state index in [1.165, 1.54) is 4.90 Å². The zero-order chi connectivity index (χ0) is 22.2. The number of nitrogens with zero attached hydrogens (tertiary/aromatic N) is 2. The van der Waals surface area contributed by atoms with E-state index in [-0.39, 0.29) is 24.8 Å². The van der Waals surface area contributed by atoms with E-state index >= 15 is 0 Å². The molecule has 0 atom stereocenters. The third kappa shape index (κ3) is 6.32. The minimum Gasteiger partial charge on any atom is -0.441 e. The summed E-state index contributed by atoms with van der Waals surface area (Å²) >= 11 is 12.2. The van der Waals surface area contributed by atoms with Crippen LogP contribution in [0.3, 0.4) is 0 Å². The summed E-state index contributed by atoms with van der Waals surface area (Å²) in [6, 6.07) is 14.7. The van der Waals surface area contributed by atoms with Crippen molar-refractivity contribution >= 4 is 40.7 Å². The van der Waals surface area contributed by atoms with Crippen molar-refractivity contribution in [2.75, 3.05) is 18.4 Å². The molecule has 6 nitrogen and oxygen atoms in total. The van der Waals surface area contributed by atoms with Crippen LogP contribution >= 0.6 is 23.2 Å². The minimum atomic E-state index is -0.356. The van der Waals surface area contributed by atoms with Crippen LogP contribution in [0, 0.1) is 0 Å². The molecular weight excluding hydrogens is 437 g/mol. The fourth-order valence-electron chi connectivity index (χ4n) is 3.06. The molecule has 0 fully saturated rings. The summed E-state index contributed by atoms with van der Waals surface area (Å²) in [7, 11) is 0. The number of para-hydroxylation sites is 1. The lowest BCUT2D eigenvalue weighted by Crippen LogP contribution is -2.37. The second kappa shape index (κ2) is 11.0. The van der Waals surface area contributed by atoms with Crippen molar-refractivity contribution in [3.63, 3.8) is 0 Å². The molecule has 2 aromatic carbocycles. The summed E-state index contributed by atoms with van der Waals surface area (Å²) in [5.74, 6) is 0.816. The van der Waals surface area contributed by atoms with Crippen molar-refractivity contribution in [2.24, 2.45) is 0 Å². The number of aryl methyl sites for hydroxylation is 1. The molecule has 1 aromatic heterocycles. The molecule has 31 heavy (non-hydrogen) atoms. The first-order valence-corrected chi connectivity index (χ1v) is 10.7. The SMILES string of the molecule is CCN(CC(=O)Nc1c(Cl)cccc1Cl)C(=O)CCCc1ncc(-c2ccccc2)o1. The summed E-state index contributed by atoms with van der Waals surface area (Å²) in [5, 5.41) is 3.36. The number of hydrogen-bond acceptors (Lipinski definition) is 4. The Labute approximate surface area is 191 Å². The van der Waals surface area contributed by atoms with Crippen LogP contribution in [-0.4, -0.2) is 34.8 Å². The van der Waals surface area contributed by atoms with Crippen molar-refractivity contribution < 1.29 is 14.0 Å². The number of halogens is 2. The van der Waals surface area contributed by atoms with Gasteiger partial charge >= 0.3 is 0 Å². The summed E-state index contributed by atoms with van der Waals surface area (Å²) in [6.07, 6.45) is 3.09. The zero-order valence-electron chi connectivity index (χ0n) is 17.1. The first-order valence-electron chi connectivity index (χ1n) is 9.99. The quantitative estimate of drug-likeness (QED) is 0.460. The van der Waals surface area contributed by atoms with Crippen LogP contribution in [0.4, 0.5) is 5.69 Å². The van der Waals surface area contributed by atoms with E-state index in [9.17, 15) is 9.59 Å². The van der Waals surface area contributed by atoms with Gasteiger partial charge in [-0.3, -0.25) is 9.59 Å². The standard InChI is InChI=1S/C23H23Cl2N3O3/c1-2-28(15-20(29)27-23-17(24)10-6-11-18(23)25)22(30)13-7-12-21-26-14-19(31-21)16-8-4-3-5-9-16/h3-6,8-11,14H,2,7,12-13,15H2,1H3,(H,27,29). The fourth-order valence-corrected chi connectivity index (χ4v) is 3.55. The summed E-state index contributed by atoms with van der Waals surface area (Å²) < 4.78 is 5.77. The number of carbonyl (C=O) groups excluding carboxylic acids is 2. The van der Waals surface area contributed by atoms with Gasteiger partial charge in [-0.1, -0.05) is 59.6 Å². The molecule has 0 saturated heterocycles. The molecule has 3 aromatic rings. The van der Waals surface area contributed by atoms with Gasteiger partial charge in [0.05, 0.1) is 28.5 Å². The Balaban J connectivity index is 1.49. The fraction of sp³-hybridized carbons (Fsp3) is 0.261. The molecule has 162 valence electrons. The van der Waals surface area contributed by atoms with Gasteiger partial charge < -0.3 is 14.6 Å². The number of oxazole rings is 1. The molecule has 2 amide bonds. The molecule has 0 aliphatic carbocycles. The third-order valence-electron chi connectivity index (χ3n) is 4.69. The number of nitrogens with one attached hydrogen (secondary N) is 1. The van der Waals surface area contributed by atoms with Crippen LogP contribution in [0.5, 0.6) is 0 Å². The number of anilines is 1. The van der Waals surface area contributed by atoms with Gasteiger partial charge in [0.1, 0.15) is 0 Å². The first-order chi connectivity index (χ1) is 15.0. The highest BCUT2D eigenvalue weighted by molar-refractivity contribution is 6.39. The molecule has 8 heteroatoms. The molecule has 0 unspecified atom stereocenters. The smallest absolute Gasteiger partial charge is 0.244 e. The lowest BCUT2D eigenvalue weighted by Gasteiger charge is -2.20. The molecule has 1 heterocycles. The molecular formula is C23H23Cl2N3O3. The molecule has 3 rings (SSSR count). The summed E-state index contributed by atoms with van der Waals surface area (Å²) in [5.41, 5.74) is 1.30. The van der Waals surface area contributed by atoms with Crippen LogP contribution in [0.25, 0.3) is 11.3 Å². The Morgan fingerprint density at radius 2 is 1.77 bits per heavy atom. The van der Waals surface area contributed by atoms with Crippen molar-refractivity contribution in [2.45, 2.75) is 26.2 Å². The van der Waals surface area contributed by atoms with Crippen LogP contribution in [-0.2, 0) is 16.0 Å². The van der Waals surface area contributed by atoms with Crippen molar-refractivity contribution in [3.05, 3.63) is 70.7 Å². The van der Waals surface area contributed by atoms with Gasteiger partial charge in [-0.2, -0.15) is 0 Å². The van der Waals surface area contributed by atoms with Gasteiger partial charge in [0.2, 0.25) is 11.8 Å². The predicted molar refractivity (Wildman–Crippen MR) is 122 cm³/mol. The maximum atomic E-state index is 12.6. The van der Waals surface area contributed by atoms with Crippen LogP contribution in [0.15, 0.2) is 59.1 Å². The number of rotatable bonds is 9. The Hall–Kier alpha value is -2.83. The Bertz CT molecular complexity index is 1020. The van der Waals surface area contributed by atoms with E-state index in [4.69, 9.17) is 27.6 Å². The van der Waals surface area contributed by atoms with Crippen molar-refractivity contribution in [1.29, 1.82) is 0 Å². The number of hydrogen-bond donors (Lipinski definition) is 1. The van der Waals surface area contributed by atoms with E-state index in [1.54, 1.807) is 24.4 Å². The second-order valence-electron chi connectivity index (χ2n) is 6.89. The van der Waals surface area contributed by atoms with E-state index in [0.29, 0.717) is 46.8 Å². The van der Waals surface area contributed by atoms with Gasteiger partial charge in [0.25, 0.3) is 0 Å². The predicted octanol–water partition coefficient (Wildman–Crippen LogP) is 5.46. The van der Waals surface area contributed by atoms with E-state index in [1.807, 2.05) is 37.3 Å². The maximum Gasteiger partial charge on any atom is 0.244 e. The summed E-state index contributed by atoms with van der Waals surface area (Å²) in [6.45, 7) is 2.17. The van der Waals surface area contributed by atoms with Crippen LogP contribution in [0.1, 0.15) is 25.7 Å². The highest BCUT2D eigenvalue weighted by atomic mass is 35.5. The minimum absolute atomic E-state index is 0.0754. The van der Waals surface area contributed by atoms with E-state index < -0.39 is 0 Å². The summed E-state index contributed by atoms with van der Waals surface area (Å²) in [4.78, 5) is 30.7. The van der Waals surface area contributed by atoms with Gasteiger partial charge in [-0.25, -0.2) is 4.98 Å². The normalized spacial score (nSPS) is 10.7. The molecule has 1 N–H and O–H groups in total. The second-order valence-corrected chi connectivity index (χ2v) is 7.70. The molecule has 0 aliphatic rings. The Morgan fingerprint density at radius 1 is 1.06 bits per heavy atom. The Kier molecular flexibility index (Phi) is 8.09. The molecule has 0 spiro atoms. The van der Waals surface area contributed by atoms with Crippen molar-refractivity contribution in [3.8, 4) is 11.3 Å². The van der Waals surface area contributed by atoms with Crippen molar-refractivity contribution in [1.82, 2.24) is 9.88 Å². The topological polar surface area (TPSA) is 75.4 Å². The lowest BCUT2D eigenvalue weighted by molar-refractivity contribution is -0.134.